The lowest BCUT2D eigenvalue weighted by Crippen LogP contribution is -2.13. The number of anilines is 1. The number of hydrogen-bond acceptors (Lipinski definition) is 4. The fourth-order valence-electron chi connectivity index (χ4n) is 2.74. The first-order valence-electron chi connectivity index (χ1n) is 9.29. The number of nitrogens with zero attached hydrogens (tertiary/aromatic N) is 1. The maximum absolute atomic E-state index is 12.6. The zero-order valence-corrected chi connectivity index (χ0v) is 18.0. The molecule has 0 aromatic heterocycles. The van der Waals surface area contributed by atoms with Crippen molar-refractivity contribution in [2.24, 2.45) is 0 Å². The van der Waals surface area contributed by atoms with Crippen LogP contribution < -0.4 is 10.1 Å². The molecule has 1 amide bonds. The average Bonchev–Trinajstić information content (AvgIpc) is 2.77. The summed E-state index contributed by atoms with van der Waals surface area (Å²) >= 11 is 12.0. The summed E-state index contributed by atoms with van der Waals surface area (Å²) in [5.41, 5.74) is 1.67. The zero-order chi connectivity index (χ0) is 23.1. The van der Waals surface area contributed by atoms with Crippen LogP contribution in [0, 0.1) is 11.3 Å². The van der Waals surface area contributed by atoms with Crippen molar-refractivity contribution in [1.82, 2.24) is 0 Å². The van der Waals surface area contributed by atoms with E-state index in [1.807, 2.05) is 6.07 Å². The summed E-state index contributed by atoms with van der Waals surface area (Å²) in [6, 6.07) is 19.5. The molecule has 0 aliphatic carbocycles. The predicted octanol–water partition coefficient (Wildman–Crippen LogP) is 5.82. The minimum atomic E-state index is -1.01. The smallest absolute Gasteiger partial charge is 0.335 e. The molecule has 0 unspecified atom stereocenters. The van der Waals surface area contributed by atoms with Crippen molar-refractivity contribution in [2.75, 3.05) is 5.32 Å². The van der Waals surface area contributed by atoms with Gasteiger partial charge in [-0.25, -0.2) is 4.79 Å². The van der Waals surface area contributed by atoms with Crippen LogP contribution in [0.15, 0.2) is 72.3 Å². The van der Waals surface area contributed by atoms with Crippen LogP contribution in [0.25, 0.3) is 6.08 Å². The number of carboxylic acid groups (broad SMARTS) is 1. The largest absolute Gasteiger partial charge is 0.488 e. The summed E-state index contributed by atoms with van der Waals surface area (Å²) in [5.74, 6) is -1.22. The van der Waals surface area contributed by atoms with Gasteiger partial charge < -0.3 is 15.2 Å². The van der Waals surface area contributed by atoms with Crippen LogP contribution in [-0.4, -0.2) is 17.0 Å². The molecule has 3 aromatic carbocycles. The third-order valence-electron chi connectivity index (χ3n) is 4.31. The molecule has 2 N–H and O–H groups in total. The Morgan fingerprint density at radius 3 is 2.41 bits per heavy atom. The van der Waals surface area contributed by atoms with E-state index in [2.05, 4.69) is 5.32 Å². The van der Waals surface area contributed by atoms with Crippen molar-refractivity contribution >= 4 is 46.8 Å². The fraction of sp³-hybridized carbons (Fsp3) is 0.0417. The standard InChI is InChI=1S/C24H16Cl2N2O4/c25-19-2-1-3-21(12-19)28-23(29)18(13-27)10-17-11-20(26)8-9-22(17)32-14-15-4-6-16(7-5-15)24(30)31/h1-12H,14H2,(H,28,29)(H,30,31). The Bertz CT molecular complexity index is 1230. The summed E-state index contributed by atoms with van der Waals surface area (Å²) in [5, 5.41) is 22.0. The summed E-state index contributed by atoms with van der Waals surface area (Å²) < 4.78 is 5.83. The van der Waals surface area contributed by atoms with Gasteiger partial charge in [0.05, 0.1) is 5.56 Å². The molecule has 0 heterocycles. The lowest BCUT2D eigenvalue weighted by atomic mass is 10.1. The minimum absolute atomic E-state index is 0.150. The average molecular weight is 467 g/mol. The van der Waals surface area contributed by atoms with Gasteiger partial charge >= 0.3 is 5.97 Å². The lowest BCUT2D eigenvalue weighted by Gasteiger charge is -2.11. The van der Waals surface area contributed by atoms with Gasteiger partial charge in [0, 0.05) is 21.3 Å². The molecular formula is C24H16Cl2N2O4. The normalized spacial score (nSPS) is 10.8. The number of aromatic carboxylic acids is 1. The number of rotatable bonds is 7. The lowest BCUT2D eigenvalue weighted by molar-refractivity contribution is -0.112. The third kappa shape index (κ3) is 6.11. The molecule has 0 radical (unpaired) electrons. The molecule has 0 atom stereocenters. The van der Waals surface area contributed by atoms with Crippen LogP contribution >= 0.6 is 23.2 Å². The van der Waals surface area contributed by atoms with Gasteiger partial charge in [0.1, 0.15) is 24.0 Å². The maximum Gasteiger partial charge on any atom is 0.335 e. The number of amides is 1. The molecule has 0 spiro atoms. The Morgan fingerprint density at radius 2 is 1.75 bits per heavy atom. The second-order valence-corrected chi connectivity index (χ2v) is 7.48. The number of carboxylic acids is 1. The number of ether oxygens (including phenoxy) is 1. The highest BCUT2D eigenvalue weighted by atomic mass is 35.5. The fourth-order valence-corrected chi connectivity index (χ4v) is 3.11. The van der Waals surface area contributed by atoms with Gasteiger partial charge in [0.2, 0.25) is 0 Å². The molecule has 0 bridgehead atoms. The van der Waals surface area contributed by atoms with E-state index in [1.165, 1.54) is 18.2 Å². The predicted molar refractivity (Wildman–Crippen MR) is 123 cm³/mol. The zero-order valence-electron chi connectivity index (χ0n) is 16.5. The summed E-state index contributed by atoms with van der Waals surface area (Å²) in [6.07, 6.45) is 1.38. The highest BCUT2D eigenvalue weighted by Crippen LogP contribution is 2.27. The molecule has 0 saturated carbocycles. The van der Waals surface area contributed by atoms with Gasteiger partial charge in [-0.2, -0.15) is 5.26 Å². The number of nitrogens with one attached hydrogen (secondary N) is 1. The summed E-state index contributed by atoms with van der Waals surface area (Å²) in [7, 11) is 0. The van der Waals surface area contributed by atoms with E-state index in [0.717, 1.165) is 5.56 Å². The first kappa shape index (κ1) is 22.9. The Hall–Kier alpha value is -3.79. The summed E-state index contributed by atoms with van der Waals surface area (Å²) in [4.78, 5) is 23.5. The molecule has 32 heavy (non-hydrogen) atoms. The Kier molecular flexibility index (Phi) is 7.50. The van der Waals surface area contributed by atoms with Crippen molar-refractivity contribution in [2.45, 2.75) is 6.61 Å². The van der Waals surface area contributed by atoms with Gasteiger partial charge in [-0.3, -0.25) is 4.79 Å². The van der Waals surface area contributed by atoms with Crippen LogP contribution in [0.1, 0.15) is 21.5 Å². The highest BCUT2D eigenvalue weighted by Gasteiger charge is 2.13. The molecule has 6 nitrogen and oxygen atoms in total. The Morgan fingerprint density at radius 1 is 1.03 bits per heavy atom. The molecule has 0 aliphatic heterocycles. The van der Waals surface area contributed by atoms with Gasteiger partial charge in [-0.05, 0) is 60.2 Å². The van der Waals surface area contributed by atoms with E-state index in [1.54, 1.807) is 54.6 Å². The van der Waals surface area contributed by atoms with E-state index >= 15 is 0 Å². The maximum atomic E-state index is 12.6. The quantitative estimate of drug-likeness (QED) is 0.337. The van der Waals surface area contributed by atoms with E-state index in [4.69, 9.17) is 33.0 Å². The minimum Gasteiger partial charge on any atom is -0.488 e. The van der Waals surface area contributed by atoms with E-state index in [9.17, 15) is 14.9 Å². The first-order valence-corrected chi connectivity index (χ1v) is 10.0. The van der Waals surface area contributed by atoms with E-state index < -0.39 is 11.9 Å². The molecule has 8 heteroatoms. The van der Waals surface area contributed by atoms with E-state index in [0.29, 0.717) is 27.0 Å². The number of carbonyl (C=O) groups is 2. The molecule has 0 saturated heterocycles. The highest BCUT2D eigenvalue weighted by molar-refractivity contribution is 6.31. The first-order chi connectivity index (χ1) is 15.4. The molecule has 3 aromatic rings. The SMILES string of the molecule is N#CC(=Cc1cc(Cl)ccc1OCc1ccc(C(=O)O)cc1)C(=O)Nc1cccc(Cl)c1. The molecule has 0 aliphatic rings. The molecule has 3 rings (SSSR count). The van der Waals surface area contributed by atoms with Crippen molar-refractivity contribution < 1.29 is 19.4 Å². The Labute approximate surface area is 194 Å². The van der Waals surface area contributed by atoms with Crippen LogP contribution in [0.4, 0.5) is 5.69 Å². The van der Waals surface area contributed by atoms with Crippen LogP contribution in [-0.2, 0) is 11.4 Å². The number of nitriles is 1. The summed E-state index contributed by atoms with van der Waals surface area (Å²) in [6.45, 7) is 0.152. The van der Waals surface area contributed by atoms with Crippen molar-refractivity contribution in [1.29, 1.82) is 5.26 Å². The number of halogens is 2. The van der Waals surface area contributed by atoms with Gasteiger partial charge in [-0.15, -0.1) is 0 Å². The van der Waals surface area contributed by atoms with Gasteiger partial charge in [0.25, 0.3) is 5.91 Å². The van der Waals surface area contributed by atoms with Crippen molar-refractivity contribution in [3.63, 3.8) is 0 Å². The molecular weight excluding hydrogens is 451 g/mol. The molecule has 160 valence electrons. The van der Waals surface area contributed by atoms with Crippen LogP contribution in [0.2, 0.25) is 10.0 Å². The van der Waals surface area contributed by atoms with Crippen LogP contribution in [0.3, 0.4) is 0 Å². The Balaban J connectivity index is 1.80. The van der Waals surface area contributed by atoms with Crippen molar-refractivity contribution in [3.05, 3.63) is 99.0 Å². The topological polar surface area (TPSA) is 99.4 Å². The second kappa shape index (κ2) is 10.5. The second-order valence-electron chi connectivity index (χ2n) is 6.61. The van der Waals surface area contributed by atoms with Gasteiger partial charge in [0.15, 0.2) is 0 Å². The third-order valence-corrected chi connectivity index (χ3v) is 4.78. The molecule has 0 fully saturated rings. The van der Waals surface area contributed by atoms with Crippen molar-refractivity contribution in [3.8, 4) is 11.8 Å². The number of hydrogen-bond donors (Lipinski definition) is 2. The monoisotopic (exact) mass is 466 g/mol. The number of carbonyl (C=O) groups excluding carboxylic acids is 1. The van der Waals surface area contributed by atoms with Gasteiger partial charge in [-0.1, -0.05) is 41.4 Å². The van der Waals surface area contributed by atoms with Crippen LogP contribution in [0.5, 0.6) is 5.75 Å². The van der Waals surface area contributed by atoms with E-state index in [-0.39, 0.29) is 17.7 Å². The number of benzene rings is 3.